The van der Waals surface area contributed by atoms with Gasteiger partial charge in [0.05, 0.1) is 18.3 Å². The molecule has 2 amide bonds. The van der Waals surface area contributed by atoms with E-state index in [1.807, 2.05) is 0 Å². The number of carbonyl (C=O) groups excluding carboxylic acids is 3. The molecule has 1 fully saturated rings. The van der Waals surface area contributed by atoms with Crippen LogP contribution >= 0.6 is 0 Å². The second-order valence-electron chi connectivity index (χ2n) is 9.80. The van der Waals surface area contributed by atoms with Gasteiger partial charge in [-0.2, -0.15) is 5.10 Å². The summed E-state index contributed by atoms with van der Waals surface area (Å²) in [7, 11) is 1.34. The third kappa shape index (κ3) is 5.38. The molecule has 1 aliphatic heterocycles. The monoisotopic (exact) mass is 461 g/mol. The van der Waals surface area contributed by atoms with Gasteiger partial charge in [0.2, 0.25) is 5.91 Å². The largest absolute Gasteiger partial charge is 0.376 e. The van der Waals surface area contributed by atoms with Crippen LogP contribution in [0.3, 0.4) is 0 Å². The first-order valence-corrected chi connectivity index (χ1v) is 11.0. The van der Waals surface area contributed by atoms with Crippen molar-refractivity contribution in [2.75, 3.05) is 13.7 Å². The van der Waals surface area contributed by atoms with Crippen molar-refractivity contribution in [2.24, 2.45) is 11.1 Å². The molecule has 0 unspecified atom stereocenters. The minimum atomic E-state index is -1.48. The maximum absolute atomic E-state index is 14.7. The molecule has 10 heteroatoms. The molecule has 2 aromatic heterocycles. The number of ether oxygens (including phenoxy) is 1. The number of nitrogens with two attached hydrogens (primary N) is 1. The highest BCUT2D eigenvalue weighted by atomic mass is 19.1. The number of alkyl halides is 1. The molecule has 0 bridgehead atoms. The number of halogens is 1. The summed E-state index contributed by atoms with van der Waals surface area (Å²) in [5, 5.41) is 4.67. The number of methoxy groups -OCH3 is 1. The molecular weight excluding hydrogens is 429 g/mol. The van der Waals surface area contributed by atoms with Crippen molar-refractivity contribution in [3.05, 3.63) is 23.7 Å². The average Bonchev–Trinajstić information content (AvgIpc) is 3.24. The number of primary amides is 1. The predicted molar refractivity (Wildman–Crippen MR) is 120 cm³/mol. The lowest BCUT2D eigenvalue weighted by atomic mass is 9.88. The van der Waals surface area contributed by atoms with Gasteiger partial charge < -0.3 is 15.4 Å². The van der Waals surface area contributed by atoms with Gasteiger partial charge in [-0.05, 0) is 31.2 Å². The molecule has 3 rings (SSSR count). The van der Waals surface area contributed by atoms with Gasteiger partial charge in [-0.15, -0.1) is 0 Å². The van der Waals surface area contributed by atoms with Crippen molar-refractivity contribution < 1.29 is 23.5 Å². The molecule has 3 atom stereocenters. The number of hydrogen-bond acceptors (Lipinski definition) is 6. The highest BCUT2D eigenvalue weighted by Gasteiger charge is 2.48. The van der Waals surface area contributed by atoms with Crippen molar-refractivity contribution >= 4 is 28.5 Å². The van der Waals surface area contributed by atoms with Gasteiger partial charge in [-0.25, -0.2) is 4.39 Å². The molecule has 9 nitrogen and oxygen atoms in total. The van der Waals surface area contributed by atoms with E-state index < -0.39 is 30.1 Å². The second kappa shape index (κ2) is 9.54. The number of pyridine rings is 1. The zero-order valence-electron chi connectivity index (χ0n) is 19.8. The van der Waals surface area contributed by atoms with Crippen LogP contribution < -0.4 is 5.73 Å². The van der Waals surface area contributed by atoms with Gasteiger partial charge in [0.1, 0.15) is 24.9 Å². The van der Waals surface area contributed by atoms with Crippen LogP contribution in [0.15, 0.2) is 12.3 Å². The van der Waals surface area contributed by atoms with Crippen LogP contribution in [-0.2, 0) is 20.9 Å². The first-order valence-electron chi connectivity index (χ1n) is 11.0. The molecule has 0 spiro atoms. The van der Waals surface area contributed by atoms with Crippen molar-refractivity contribution in [1.82, 2.24) is 19.7 Å². The van der Waals surface area contributed by atoms with Crippen molar-refractivity contribution in [3.8, 4) is 0 Å². The number of rotatable bonds is 8. The number of carbonyl (C=O) groups is 3. The first kappa shape index (κ1) is 24.8. The number of amides is 2. The minimum absolute atomic E-state index is 0.0256. The molecule has 0 saturated carbocycles. The third-order valence-electron chi connectivity index (χ3n) is 5.94. The van der Waals surface area contributed by atoms with Crippen LogP contribution in [-0.4, -0.2) is 69.2 Å². The van der Waals surface area contributed by atoms with Crippen LogP contribution in [0.25, 0.3) is 10.9 Å². The van der Waals surface area contributed by atoms with Crippen molar-refractivity contribution in [1.29, 1.82) is 0 Å². The lowest BCUT2D eigenvalue weighted by Gasteiger charge is -2.26. The lowest BCUT2D eigenvalue weighted by molar-refractivity contribution is -0.140. The Kier molecular flexibility index (Phi) is 7.16. The van der Waals surface area contributed by atoms with E-state index >= 15 is 0 Å². The molecule has 0 aromatic carbocycles. The summed E-state index contributed by atoms with van der Waals surface area (Å²) >= 11 is 0. The standard InChI is InChI=1S/C23H32FN5O4/c1-13-9-14-16(10-26-13)29(27-19(14)22(25)32)12-18(31)28-11-15(24)21(33-5)20(28)17(30)7-6-8-23(2,3)4/h9-10,15,20-21H,6-8,11-12H2,1-5H3,(H2,25,32)/t15-,20+,21+/m0/s1. The van der Waals surface area contributed by atoms with Crippen molar-refractivity contribution in [3.63, 3.8) is 0 Å². The molecule has 1 aliphatic rings. The van der Waals surface area contributed by atoms with E-state index in [0.717, 1.165) is 6.42 Å². The number of hydrogen-bond donors (Lipinski definition) is 1. The van der Waals surface area contributed by atoms with Crippen LogP contribution in [0.4, 0.5) is 4.39 Å². The quantitative estimate of drug-likeness (QED) is 0.643. The number of aromatic nitrogens is 3. The minimum Gasteiger partial charge on any atom is -0.376 e. The summed E-state index contributed by atoms with van der Waals surface area (Å²) < 4.78 is 21.3. The summed E-state index contributed by atoms with van der Waals surface area (Å²) in [5.41, 5.74) is 6.66. The normalized spacial score (nSPS) is 21.0. The van der Waals surface area contributed by atoms with Gasteiger partial charge >= 0.3 is 0 Å². The smallest absolute Gasteiger partial charge is 0.269 e. The number of Topliss-reactive ketones (excluding diaryl/α,β-unsaturated/α-hetero) is 1. The van der Waals surface area contributed by atoms with E-state index in [2.05, 4.69) is 30.9 Å². The molecule has 0 radical (unpaired) electrons. The first-order chi connectivity index (χ1) is 15.4. The zero-order chi connectivity index (χ0) is 24.5. The van der Waals surface area contributed by atoms with Gasteiger partial charge in [0.15, 0.2) is 11.5 Å². The Morgan fingerprint density at radius 3 is 2.61 bits per heavy atom. The number of nitrogens with zero attached hydrogens (tertiary/aromatic N) is 4. The Balaban J connectivity index is 1.84. The van der Waals surface area contributed by atoms with Gasteiger partial charge in [0, 0.05) is 24.6 Å². The van der Waals surface area contributed by atoms with E-state index in [4.69, 9.17) is 10.5 Å². The molecular formula is C23H32FN5O4. The summed E-state index contributed by atoms with van der Waals surface area (Å²) in [4.78, 5) is 43.5. The number of ketones is 1. The number of aryl methyl sites for hydroxylation is 1. The fourth-order valence-corrected chi connectivity index (χ4v) is 4.31. The van der Waals surface area contributed by atoms with E-state index in [0.29, 0.717) is 23.0 Å². The highest BCUT2D eigenvalue weighted by Crippen LogP contribution is 2.28. The Labute approximate surface area is 192 Å². The molecule has 180 valence electrons. The molecule has 2 N–H and O–H groups in total. The fourth-order valence-electron chi connectivity index (χ4n) is 4.31. The SMILES string of the molecule is CO[C@H]1[C@@H](C(=O)CCCC(C)(C)C)N(C(=O)Cn2nc(C(N)=O)c3cc(C)ncc32)C[C@@H]1F. The summed E-state index contributed by atoms with van der Waals surface area (Å²) in [5.74, 6) is -1.44. The summed E-state index contributed by atoms with van der Waals surface area (Å²) in [6.07, 6.45) is 0.721. The molecule has 0 aliphatic carbocycles. The van der Waals surface area contributed by atoms with Gasteiger partial charge in [-0.1, -0.05) is 20.8 Å². The van der Waals surface area contributed by atoms with E-state index in [1.54, 1.807) is 13.0 Å². The van der Waals surface area contributed by atoms with Crippen LogP contribution in [0.5, 0.6) is 0 Å². The second-order valence-corrected chi connectivity index (χ2v) is 9.80. The third-order valence-corrected chi connectivity index (χ3v) is 5.94. The maximum atomic E-state index is 14.7. The Morgan fingerprint density at radius 2 is 2.00 bits per heavy atom. The maximum Gasteiger partial charge on any atom is 0.269 e. The Morgan fingerprint density at radius 1 is 1.30 bits per heavy atom. The Hall–Kier alpha value is -2.88. The number of fused-ring (bicyclic) bond motifs is 1. The molecule has 2 aromatic rings. The fraction of sp³-hybridized carbons (Fsp3) is 0.609. The average molecular weight is 462 g/mol. The highest BCUT2D eigenvalue weighted by molar-refractivity contribution is 6.04. The molecule has 33 heavy (non-hydrogen) atoms. The van der Waals surface area contributed by atoms with Crippen LogP contribution in [0.1, 0.15) is 56.2 Å². The van der Waals surface area contributed by atoms with E-state index in [9.17, 15) is 18.8 Å². The van der Waals surface area contributed by atoms with E-state index in [1.165, 1.54) is 22.9 Å². The molecule has 1 saturated heterocycles. The molecule has 3 heterocycles. The topological polar surface area (TPSA) is 120 Å². The van der Waals surface area contributed by atoms with Crippen LogP contribution in [0, 0.1) is 12.3 Å². The number of likely N-dealkylation sites (tertiary alicyclic amines) is 1. The summed E-state index contributed by atoms with van der Waals surface area (Å²) in [6, 6.07) is 0.662. The summed E-state index contributed by atoms with van der Waals surface area (Å²) in [6.45, 7) is 7.49. The van der Waals surface area contributed by atoms with Crippen molar-refractivity contribution in [2.45, 2.75) is 71.8 Å². The van der Waals surface area contributed by atoms with Gasteiger partial charge in [-0.3, -0.25) is 24.0 Å². The van der Waals surface area contributed by atoms with E-state index in [-0.39, 0.29) is 36.4 Å². The lowest BCUT2D eigenvalue weighted by Crippen LogP contribution is -2.47. The van der Waals surface area contributed by atoms with Gasteiger partial charge in [0.25, 0.3) is 5.91 Å². The zero-order valence-corrected chi connectivity index (χ0v) is 19.8. The predicted octanol–water partition coefficient (Wildman–Crippen LogP) is 2.19. The van der Waals surface area contributed by atoms with Crippen LogP contribution in [0.2, 0.25) is 0 Å². The Bertz CT molecular complexity index is 1060.